The number of nitrogen functional groups attached to an aromatic ring is 1. The number of aromatic nitrogens is 4. The summed E-state index contributed by atoms with van der Waals surface area (Å²) in [7, 11) is 0. The van der Waals surface area contributed by atoms with Gasteiger partial charge in [-0.15, -0.1) is 0 Å². The molecule has 6 heteroatoms. The van der Waals surface area contributed by atoms with Crippen LogP contribution in [0.15, 0.2) is 6.33 Å². The average Bonchev–Trinajstić information content (AvgIpc) is 2.80. The fourth-order valence-electron chi connectivity index (χ4n) is 2.87. The summed E-state index contributed by atoms with van der Waals surface area (Å²) < 4.78 is 1.98. The zero-order valence-electron chi connectivity index (χ0n) is 11.1. The van der Waals surface area contributed by atoms with Crippen molar-refractivity contribution in [2.75, 3.05) is 5.73 Å². The van der Waals surface area contributed by atoms with Crippen molar-refractivity contribution in [1.29, 1.82) is 0 Å². The maximum atomic E-state index is 9.61. The van der Waals surface area contributed by atoms with Crippen LogP contribution in [0.2, 0.25) is 0 Å². The van der Waals surface area contributed by atoms with Crippen molar-refractivity contribution in [3.63, 3.8) is 0 Å². The number of nitrogens with two attached hydrogens (primary N) is 1. The largest absolute Gasteiger partial charge is 0.393 e. The highest BCUT2D eigenvalue weighted by Crippen LogP contribution is 2.32. The number of hydrogen-bond acceptors (Lipinski definition) is 5. The second kappa shape index (κ2) is 4.77. The summed E-state index contributed by atoms with van der Waals surface area (Å²) in [5.41, 5.74) is 7.74. The summed E-state index contributed by atoms with van der Waals surface area (Å²) >= 11 is 0. The van der Waals surface area contributed by atoms with Crippen molar-refractivity contribution in [3.8, 4) is 0 Å². The number of fused-ring (bicyclic) bond motifs is 1. The van der Waals surface area contributed by atoms with E-state index in [4.69, 9.17) is 5.73 Å². The van der Waals surface area contributed by atoms with Gasteiger partial charge in [-0.25, -0.2) is 14.6 Å². The molecule has 0 aliphatic heterocycles. The average molecular weight is 261 g/mol. The zero-order chi connectivity index (χ0) is 13.4. The molecule has 2 aromatic rings. The van der Waals surface area contributed by atoms with Gasteiger partial charge in [-0.3, -0.25) is 0 Å². The van der Waals surface area contributed by atoms with E-state index in [1.165, 1.54) is 6.33 Å². The van der Waals surface area contributed by atoms with E-state index in [0.717, 1.165) is 48.8 Å². The Morgan fingerprint density at radius 2 is 2.05 bits per heavy atom. The van der Waals surface area contributed by atoms with Crippen LogP contribution in [0.25, 0.3) is 11.0 Å². The highest BCUT2D eigenvalue weighted by molar-refractivity contribution is 5.88. The second-order valence-corrected chi connectivity index (χ2v) is 5.16. The Balaban J connectivity index is 2.06. The number of rotatable bonds is 2. The molecular weight excluding hydrogens is 242 g/mol. The molecule has 0 bridgehead atoms. The standard InChI is InChI=1S/C13H19N5O/c1-2-10-11-12(14)15-7-16-13(11)18(17-10)8-3-5-9(19)6-4-8/h7-9,19H,2-6H2,1H3,(H2,14,15,16). The molecule has 0 spiro atoms. The maximum absolute atomic E-state index is 9.61. The van der Waals surface area contributed by atoms with Crippen LogP contribution in [0, 0.1) is 0 Å². The lowest BCUT2D eigenvalue weighted by Crippen LogP contribution is -2.22. The van der Waals surface area contributed by atoms with Gasteiger partial charge in [0.2, 0.25) is 0 Å². The summed E-state index contributed by atoms with van der Waals surface area (Å²) in [4.78, 5) is 8.41. The van der Waals surface area contributed by atoms with Crippen LogP contribution in [-0.4, -0.2) is 31.0 Å². The van der Waals surface area contributed by atoms with E-state index in [1.807, 2.05) is 4.68 Å². The molecule has 0 radical (unpaired) electrons. The third kappa shape index (κ3) is 2.06. The maximum Gasteiger partial charge on any atom is 0.163 e. The molecule has 2 heterocycles. The fraction of sp³-hybridized carbons (Fsp3) is 0.615. The number of nitrogens with zero attached hydrogens (tertiary/aromatic N) is 4. The SMILES string of the molecule is CCc1nn(C2CCC(O)CC2)c2ncnc(N)c12. The number of aliphatic hydroxyl groups excluding tert-OH is 1. The minimum Gasteiger partial charge on any atom is -0.393 e. The minimum atomic E-state index is -0.164. The molecule has 0 atom stereocenters. The molecule has 2 aromatic heterocycles. The predicted molar refractivity (Wildman–Crippen MR) is 72.6 cm³/mol. The van der Waals surface area contributed by atoms with Crippen LogP contribution >= 0.6 is 0 Å². The van der Waals surface area contributed by atoms with E-state index >= 15 is 0 Å². The normalized spacial score (nSPS) is 23.9. The molecule has 0 amide bonds. The Morgan fingerprint density at radius 1 is 1.32 bits per heavy atom. The molecule has 0 aromatic carbocycles. The Hall–Kier alpha value is -1.69. The van der Waals surface area contributed by atoms with Gasteiger partial charge in [0, 0.05) is 0 Å². The molecule has 1 fully saturated rings. The molecule has 1 aliphatic carbocycles. The first-order chi connectivity index (χ1) is 9.20. The van der Waals surface area contributed by atoms with Gasteiger partial charge in [-0.1, -0.05) is 6.92 Å². The molecule has 1 saturated carbocycles. The third-order valence-corrected chi connectivity index (χ3v) is 3.94. The second-order valence-electron chi connectivity index (χ2n) is 5.16. The van der Waals surface area contributed by atoms with Gasteiger partial charge in [0.1, 0.15) is 12.1 Å². The van der Waals surface area contributed by atoms with E-state index in [1.54, 1.807) is 0 Å². The number of aliphatic hydroxyl groups is 1. The van der Waals surface area contributed by atoms with Gasteiger partial charge in [0.25, 0.3) is 0 Å². The number of hydrogen-bond donors (Lipinski definition) is 2. The Labute approximate surface area is 111 Å². The quantitative estimate of drug-likeness (QED) is 0.854. The molecule has 0 saturated heterocycles. The highest BCUT2D eigenvalue weighted by Gasteiger charge is 2.25. The lowest BCUT2D eigenvalue weighted by Gasteiger charge is -2.25. The van der Waals surface area contributed by atoms with Crippen LogP contribution in [0.3, 0.4) is 0 Å². The van der Waals surface area contributed by atoms with Gasteiger partial charge < -0.3 is 10.8 Å². The van der Waals surface area contributed by atoms with Crippen molar-refractivity contribution in [2.24, 2.45) is 0 Å². The van der Waals surface area contributed by atoms with Crippen LogP contribution in [-0.2, 0) is 6.42 Å². The molecule has 102 valence electrons. The van der Waals surface area contributed by atoms with Crippen molar-refractivity contribution < 1.29 is 5.11 Å². The minimum absolute atomic E-state index is 0.164. The van der Waals surface area contributed by atoms with Crippen LogP contribution in [0.4, 0.5) is 5.82 Å². The van der Waals surface area contributed by atoms with E-state index in [9.17, 15) is 5.11 Å². The molecule has 1 aliphatic rings. The Bertz CT molecular complexity index is 586. The summed E-state index contributed by atoms with van der Waals surface area (Å²) in [6.07, 6.45) is 5.67. The van der Waals surface area contributed by atoms with E-state index < -0.39 is 0 Å². The van der Waals surface area contributed by atoms with Gasteiger partial charge in [0.05, 0.1) is 23.2 Å². The van der Waals surface area contributed by atoms with Gasteiger partial charge in [-0.2, -0.15) is 5.10 Å². The zero-order valence-corrected chi connectivity index (χ0v) is 11.1. The molecule has 6 nitrogen and oxygen atoms in total. The fourth-order valence-corrected chi connectivity index (χ4v) is 2.87. The van der Waals surface area contributed by atoms with Crippen molar-refractivity contribution in [2.45, 2.75) is 51.2 Å². The predicted octanol–water partition coefficient (Wildman–Crippen LogP) is 1.45. The van der Waals surface area contributed by atoms with Gasteiger partial charge in [0.15, 0.2) is 5.65 Å². The van der Waals surface area contributed by atoms with Gasteiger partial charge in [-0.05, 0) is 32.1 Å². The molecule has 3 rings (SSSR count). The smallest absolute Gasteiger partial charge is 0.163 e. The van der Waals surface area contributed by atoms with Crippen LogP contribution < -0.4 is 5.73 Å². The first-order valence-electron chi connectivity index (χ1n) is 6.86. The van der Waals surface area contributed by atoms with Crippen LogP contribution in [0.5, 0.6) is 0 Å². The number of anilines is 1. The lowest BCUT2D eigenvalue weighted by atomic mass is 9.93. The highest BCUT2D eigenvalue weighted by atomic mass is 16.3. The van der Waals surface area contributed by atoms with Gasteiger partial charge >= 0.3 is 0 Å². The van der Waals surface area contributed by atoms with Crippen LogP contribution in [0.1, 0.15) is 44.3 Å². The van der Waals surface area contributed by atoms with Crippen molar-refractivity contribution in [3.05, 3.63) is 12.0 Å². The topological polar surface area (TPSA) is 89.8 Å². The lowest BCUT2D eigenvalue weighted by molar-refractivity contribution is 0.108. The van der Waals surface area contributed by atoms with E-state index in [-0.39, 0.29) is 6.10 Å². The molecule has 3 N–H and O–H groups in total. The van der Waals surface area contributed by atoms with E-state index in [2.05, 4.69) is 22.0 Å². The van der Waals surface area contributed by atoms with Crippen molar-refractivity contribution in [1.82, 2.24) is 19.7 Å². The first-order valence-corrected chi connectivity index (χ1v) is 6.86. The van der Waals surface area contributed by atoms with Crippen molar-refractivity contribution >= 4 is 16.9 Å². The van der Waals surface area contributed by atoms with E-state index in [0.29, 0.717) is 11.9 Å². The summed E-state index contributed by atoms with van der Waals surface area (Å²) in [5, 5.41) is 15.2. The molecule has 0 unspecified atom stereocenters. The monoisotopic (exact) mass is 261 g/mol. The summed E-state index contributed by atoms with van der Waals surface area (Å²) in [5.74, 6) is 0.504. The summed E-state index contributed by atoms with van der Waals surface area (Å²) in [6.45, 7) is 2.06. The number of aryl methyl sites for hydroxylation is 1. The molecular formula is C13H19N5O. The first kappa shape index (κ1) is 12.3. The Kier molecular flexibility index (Phi) is 3.10. The Morgan fingerprint density at radius 3 is 2.74 bits per heavy atom. The summed E-state index contributed by atoms with van der Waals surface area (Å²) in [6, 6.07) is 0.306. The molecule has 19 heavy (non-hydrogen) atoms. The third-order valence-electron chi connectivity index (χ3n) is 3.94.